The Morgan fingerprint density at radius 1 is 0.938 bits per heavy atom. The summed E-state index contributed by atoms with van der Waals surface area (Å²) in [7, 11) is -5.61. The molecule has 0 bridgehead atoms. The number of aliphatic imine (C=N–C) groups is 1. The molecule has 10 heteroatoms. The molecule has 2 aliphatic rings. The highest BCUT2D eigenvalue weighted by molar-refractivity contribution is 7.93. The molecule has 0 aromatic heterocycles. The number of nitrogens with zero attached hydrogens (tertiary/aromatic N) is 2. The van der Waals surface area contributed by atoms with Crippen LogP contribution in [0, 0.1) is 0 Å². The quantitative estimate of drug-likeness (QED) is 0.728. The molecule has 0 atom stereocenters. The number of nitrogens with one attached hydrogen (secondary N) is 1. The van der Waals surface area contributed by atoms with Crippen molar-refractivity contribution in [2.45, 2.75) is 31.2 Å². The van der Waals surface area contributed by atoms with Crippen molar-refractivity contribution in [2.75, 3.05) is 29.3 Å². The van der Waals surface area contributed by atoms with E-state index in [1.165, 1.54) is 6.07 Å². The molecular weight excluding hydrogens is 443 g/mol. The number of Topliss-reactive ketones (excluding diaryl/α,β-unsaturated/α-hetero) is 1. The molecule has 0 radical (unpaired) electrons. The lowest BCUT2D eigenvalue weighted by atomic mass is 9.92. The largest absolute Gasteiger partial charge is 0.516 e. The van der Waals surface area contributed by atoms with Gasteiger partial charge in [0.05, 0.1) is 17.1 Å². The molecule has 2 heterocycles. The van der Waals surface area contributed by atoms with Crippen LogP contribution in [0.5, 0.6) is 0 Å². The van der Waals surface area contributed by atoms with E-state index >= 15 is 0 Å². The molecule has 0 saturated carbocycles. The van der Waals surface area contributed by atoms with Crippen LogP contribution in [0.4, 0.5) is 24.5 Å². The van der Waals surface area contributed by atoms with Gasteiger partial charge in [-0.25, -0.2) is 0 Å². The van der Waals surface area contributed by atoms with Crippen LogP contribution in [0.2, 0.25) is 0 Å². The fourth-order valence-corrected chi connectivity index (χ4v) is 4.62. The number of hydrogen-bond acceptors (Lipinski definition) is 5. The number of carbonyl (C=O) groups excluding carboxylic acids is 1. The first-order valence-electron chi connectivity index (χ1n) is 10.3. The number of ketones is 1. The predicted octanol–water partition coefficient (Wildman–Crippen LogP) is 4.36. The van der Waals surface area contributed by atoms with E-state index in [0.29, 0.717) is 41.2 Å². The van der Waals surface area contributed by atoms with Gasteiger partial charge in [0.25, 0.3) is 0 Å². The third-order valence-corrected chi connectivity index (χ3v) is 6.73. The Hall–Kier alpha value is -2.88. The fourth-order valence-electron chi connectivity index (χ4n) is 4.06. The van der Waals surface area contributed by atoms with Crippen LogP contribution >= 0.6 is 0 Å². The third kappa shape index (κ3) is 4.36. The SMILES string of the molecule is O=C1CN=C(c2ccc(N3CCCCCC3)c(NS(=O)(=O)C(F)(F)F)c2)c2ccccc21. The van der Waals surface area contributed by atoms with Gasteiger partial charge < -0.3 is 4.90 Å². The minimum absolute atomic E-state index is 0.0795. The second-order valence-corrected chi connectivity index (χ2v) is 9.49. The van der Waals surface area contributed by atoms with Crippen LogP contribution in [0.3, 0.4) is 0 Å². The van der Waals surface area contributed by atoms with Crippen molar-refractivity contribution in [1.82, 2.24) is 0 Å². The van der Waals surface area contributed by atoms with Gasteiger partial charge in [-0.3, -0.25) is 14.5 Å². The van der Waals surface area contributed by atoms with E-state index in [1.54, 1.807) is 41.1 Å². The first-order chi connectivity index (χ1) is 15.2. The van der Waals surface area contributed by atoms with Crippen molar-refractivity contribution in [3.63, 3.8) is 0 Å². The van der Waals surface area contributed by atoms with E-state index < -0.39 is 15.5 Å². The molecule has 0 spiro atoms. The predicted molar refractivity (Wildman–Crippen MR) is 117 cm³/mol. The molecule has 2 aromatic rings. The highest BCUT2D eigenvalue weighted by Gasteiger charge is 2.46. The van der Waals surface area contributed by atoms with Crippen LogP contribution in [0.25, 0.3) is 0 Å². The minimum atomic E-state index is -5.61. The van der Waals surface area contributed by atoms with Gasteiger partial charge in [-0.05, 0) is 25.0 Å². The number of hydrogen-bond donors (Lipinski definition) is 1. The number of fused-ring (bicyclic) bond motifs is 1. The summed E-state index contributed by atoms with van der Waals surface area (Å²) in [5.41, 5.74) is -3.29. The van der Waals surface area contributed by atoms with E-state index in [0.717, 1.165) is 25.7 Å². The van der Waals surface area contributed by atoms with Crippen LogP contribution in [-0.2, 0) is 10.0 Å². The van der Waals surface area contributed by atoms with Crippen molar-refractivity contribution in [1.29, 1.82) is 0 Å². The average Bonchev–Trinajstić information content (AvgIpc) is 3.03. The van der Waals surface area contributed by atoms with Gasteiger partial charge in [-0.2, -0.15) is 21.6 Å². The lowest BCUT2D eigenvalue weighted by Gasteiger charge is -2.27. The Labute approximate surface area is 184 Å². The molecule has 1 fully saturated rings. The highest BCUT2D eigenvalue weighted by atomic mass is 32.2. The van der Waals surface area contributed by atoms with E-state index in [9.17, 15) is 26.4 Å². The van der Waals surface area contributed by atoms with Crippen molar-refractivity contribution in [3.05, 3.63) is 59.2 Å². The van der Waals surface area contributed by atoms with Gasteiger partial charge in [0.2, 0.25) is 0 Å². The summed E-state index contributed by atoms with van der Waals surface area (Å²) in [5, 5.41) is 0. The van der Waals surface area contributed by atoms with Crippen LogP contribution in [0.15, 0.2) is 47.5 Å². The summed E-state index contributed by atoms with van der Waals surface area (Å²) in [6.07, 6.45) is 3.77. The van der Waals surface area contributed by atoms with Crippen molar-refractivity contribution >= 4 is 32.9 Å². The maximum atomic E-state index is 13.1. The summed E-state index contributed by atoms with van der Waals surface area (Å²) >= 11 is 0. The first kappa shape index (κ1) is 22.3. The van der Waals surface area contributed by atoms with Gasteiger partial charge >= 0.3 is 15.5 Å². The number of alkyl halides is 3. The van der Waals surface area contributed by atoms with Crippen molar-refractivity contribution < 1.29 is 26.4 Å². The number of sulfonamides is 1. The summed E-state index contributed by atoms with van der Waals surface area (Å²) in [4.78, 5) is 18.4. The number of carbonyl (C=O) groups is 1. The molecule has 0 aliphatic carbocycles. The number of benzene rings is 2. The van der Waals surface area contributed by atoms with Crippen LogP contribution in [-0.4, -0.2) is 45.1 Å². The third-order valence-electron chi connectivity index (χ3n) is 5.63. The second-order valence-electron chi connectivity index (χ2n) is 7.82. The van der Waals surface area contributed by atoms with Gasteiger partial charge in [0.1, 0.15) is 6.54 Å². The van der Waals surface area contributed by atoms with Gasteiger partial charge in [0, 0.05) is 29.8 Å². The summed E-state index contributed by atoms with van der Waals surface area (Å²) in [6.45, 7) is 1.17. The zero-order valence-corrected chi connectivity index (χ0v) is 18.0. The second kappa shape index (κ2) is 8.57. The van der Waals surface area contributed by atoms with Crippen LogP contribution in [0.1, 0.15) is 47.2 Å². The van der Waals surface area contributed by atoms with E-state index in [1.807, 2.05) is 4.90 Å². The molecule has 1 N–H and O–H groups in total. The Kier molecular flexibility index (Phi) is 5.98. The highest BCUT2D eigenvalue weighted by Crippen LogP contribution is 2.34. The number of anilines is 2. The molecule has 2 aromatic carbocycles. The summed E-state index contributed by atoms with van der Waals surface area (Å²) in [5.74, 6) is -0.150. The van der Waals surface area contributed by atoms with Crippen LogP contribution < -0.4 is 9.62 Å². The molecule has 0 amide bonds. The van der Waals surface area contributed by atoms with Gasteiger partial charge in [-0.1, -0.05) is 43.2 Å². The van der Waals surface area contributed by atoms with E-state index in [-0.39, 0.29) is 18.0 Å². The molecular formula is C22H22F3N3O3S. The minimum Gasteiger partial charge on any atom is -0.370 e. The van der Waals surface area contributed by atoms with Crippen molar-refractivity contribution in [3.8, 4) is 0 Å². The fraction of sp³-hybridized carbons (Fsp3) is 0.364. The van der Waals surface area contributed by atoms with E-state index in [2.05, 4.69) is 4.99 Å². The van der Waals surface area contributed by atoms with Gasteiger partial charge in [-0.15, -0.1) is 0 Å². The Morgan fingerprint density at radius 2 is 1.59 bits per heavy atom. The first-order valence-corrected chi connectivity index (χ1v) is 11.8. The standard InChI is InChI=1S/C22H22F3N3O3S/c23-22(24,25)32(30,31)27-18-13-15(9-10-19(18)28-11-5-1-2-6-12-28)21-17-8-4-3-7-16(17)20(29)14-26-21/h3-4,7-10,13,27H,1-2,5-6,11-12,14H2. The Morgan fingerprint density at radius 3 is 2.25 bits per heavy atom. The Bertz CT molecular complexity index is 1170. The number of halogens is 3. The zero-order valence-electron chi connectivity index (χ0n) is 17.2. The smallest absolute Gasteiger partial charge is 0.370 e. The molecule has 0 unspecified atom stereocenters. The summed E-state index contributed by atoms with van der Waals surface area (Å²) < 4.78 is 65.0. The maximum Gasteiger partial charge on any atom is 0.516 e. The summed E-state index contributed by atoms with van der Waals surface area (Å²) in [6, 6.07) is 11.6. The molecule has 2 aliphatic heterocycles. The van der Waals surface area contributed by atoms with Crippen molar-refractivity contribution in [2.24, 2.45) is 4.99 Å². The maximum absolute atomic E-state index is 13.1. The van der Waals surface area contributed by atoms with E-state index in [4.69, 9.17) is 0 Å². The lowest BCUT2D eigenvalue weighted by molar-refractivity contribution is -0.0429. The molecule has 1 saturated heterocycles. The monoisotopic (exact) mass is 465 g/mol. The molecule has 6 nitrogen and oxygen atoms in total. The molecule has 4 rings (SSSR count). The number of rotatable bonds is 4. The zero-order chi connectivity index (χ0) is 22.9. The topological polar surface area (TPSA) is 78.8 Å². The Balaban J connectivity index is 1.80. The van der Waals surface area contributed by atoms with Gasteiger partial charge in [0.15, 0.2) is 5.78 Å². The lowest BCUT2D eigenvalue weighted by Crippen LogP contribution is -2.32. The molecule has 32 heavy (non-hydrogen) atoms. The molecule has 170 valence electrons. The average molecular weight is 465 g/mol. The normalized spacial score (nSPS) is 17.4.